The van der Waals surface area contributed by atoms with Crippen molar-refractivity contribution >= 4 is 22.5 Å². The van der Waals surface area contributed by atoms with Gasteiger partial charge in [0.2, 0.25) is 5.43 Å². The number of carbonyl (C=O) groups is 1. The number of ether oxygens (including phenoxy) is 3. The van der Waals surface area contributed by atoms with Gasteiger partial charge in [0.25, 0.3) is 5.91 Å². The zero-order chi connectivity index (χ0) is 37.1. The van der Waals surface area contributed by atoms with Crippen LogP contribution in [0.15, 0.2) is 65.6 Å². The standard InChI is InChI=1S/C42H54F2N3O5/c1-5-21-51-37-27-34(26-36(28-37)50-7-3)46-30-39(42(49)45(6-2)33-24-31(43)23-32(44)25-33)41(48)38-17-16-35(29-40(38)46)52-22-15-10-8-9-12-18-47(4)19-13-11-14-20-47/h16-17,23-30H,5-15,18-22H2,1-4H3/q+1. The average Bonchev–Trinajstić information content (AvgIpc) is 3.12. The van der Waals surface area contributed by atoms with Gasteiger partial charge in [-0.15, -0.1) is 0 Å². The first-order valence-corrected chi connectivity index (χ1v) is 19.0. The molecule has 52 heavy (non-hydrogen) atoms. The molecule has 1 saturated heterocycles. The van der Waals surface area contributed by atoms with Crippen molar-refractivity contribution in [1.82, 2.24) is 4.57 Å². The van der Waals surface area contributed by atoms with Gasteiger partial charge in [-0.2, -0.15) is 0 Å². The van der Waals surface area contributed by atoms with Crippen LogP contribution in [0.2, 0.25) is 0 Å². The van der Waals surface area contributed by atoms with Gasteiger partial charge in [-0.05, 0) is 83.1 Å². The van der Waals surface area contributed by atoms with Gasteiger partial charge in [0.15, 0.2) is 0 Å². The molecule has 1 aliphatic rings. The maximum absolute atomic E-state index is 14.2. The van der Waals surface area contributed by atoms with Crippen LogP contribution in [-0.2, 0) is 0 Å². The van der Waals surface area contributed by atoms with Gasteiger partial charge in [0, 0.05) is 54.1 Å². The highest BCUT2D eigenvalue weighted by atomic mass is 19.1. The topological polar surface area (TPSA) is 70.0 Å². The van der Waals surface area contributed by atoms with E-state index in [2.05, 4.69) is 7.05 Å². The minimum atomic E-state index is -0.819. The highest BCUT2D eigenvalue weighted by Gasteiger charge is 2.25. The zero-order valence-electron chi connectivity index (χ0n) is 31.2. The Hall–Kier alpha value is -4.44. The van der Waals surface area contributed by atoms with Crippen LogP contribution < -0.4 is 24.5 Å². The lowest BCUT2D eigenvalue weighted by atomic mass is 10.1. The Morgan fingerprint density at radius 2 is 1.46 bits per heavy atom. The van der Waals surface area contributed by atoms with Gasteiger partial charge in [0.05, 0.1) is 57.7 Å². The van der Waals surface area contributed by atoms with Crippen molar-refractivity contribution in [3.8, 4) is 22.9 Å². The van der Waals surface area contributed by atoms with E-state index in [1.807, 2.05) is 32.0 Å². The number of nitrogens with zero attached hydrogens (tertiary/aromatic N) is 3. The molecule has 1 fully saturated rings. The molecule has 2 heterocycles. The van der Waals surface area contributed by atoms with Crippen LogP contribution >= 0.6 is 0 Å². The number of hydrogen-bond donors (Lipinski definition) is 0. The van der Waals surface area contributed by atoms with Crippen molar-refractivity contribution in [1.29, 1.82) is 0 Å². The molecule has 0 N–H and O–H groups in total. The Morgan fingerprint density at radius 1 is 0.788 bits per heavy atom. The number of amides is 1. The number of piperidine rings is 1. The highest BCUT2D eigenvalue weighted by molar-refractivity contribution is 6.07. The predicted octanol–water partition coefficient (Wildman–Crippen LogP) is 9.08. The van der Waals surface area contributed by atoms with E-state index in [0.29, 0.717) is 53.7 Å². The molecule has 3 aromatic carbocycles. The summed E-state index contributed by atoms with van der Waals surface area (Å²) in [5.74, 6) is -0.566. The van der Waals surface area contributed by atoms with Crippen LogP contribution in [0.4, 0.5) is 14.5 Å². The Labute approximate surface area is 306 Å². The van der Waals surface area contributed by atoms with Crippen LogP contribution in [0, 0.1) is 11.6 Å². The Kier molecular flexibility index (Phi) is 13.7. The number of likely N-dealkylation sites (tertiary alicyclic amines) is 1. The summed E-state index contributed by atoms with van der Waals surface area (Å²) in [5.41, 5.74) is 0.507. The Morgan fingerprint density at radius 3 is 2.15 bits per heavy atom. The fraction of sp³-hybridized carbons (Fsp3) is 0.476. The molecular formula is C42H54F2N3O5+. The Balaban J connectivity index is 1.42. The van der Waals surface area contributed by atoms with Crippen molar-refractivity contribution in [2.75, 3.05) is 57.9 Å². The third-order valence-electron chi connectivity index (χ3n) is 9.86. The van der Waals surface area contributed by atoms with E-state index >= 15 is 0 Å². The average molecular weight is 719 g/mol. The molecule has 1 aromatic heterocycles. The molecule has 4 aromatic rings. The summed E-state index contributed by atoms with van der Waals surface area (Å²) >= 11 is 0. The number of halogens is 2. The molecular weight excluding hydrogens is 664 g/mol. The van der Waals surface area contributed by atoms with Crippen LogP contribution in [0.3, 0.4) is 0 Å². The fourth-order valence-electron chi connectivity index (χ4n) is 7.11. The summed E-state index contributed by atoms with van der Waals surface area (Å²) < 4.78 is 49.4. The largest absolute Gasteiger partial charge is 0.494 e. The molecule has 0 unspecified atom stereocenters. The lowest BCUT2D eigenvalue weighted by molar-refractivity contribution is -0.914. The monoisotopic (exact) mass is 718 g/mol. The zero-order valence-corrected chi connectivity index (χ0v) is 31.2. The molecule has 0 radical (unpaired) electrons. The molecule has 0 spiro atoms. The summed E-state index contributed by atoms with van der Waals surface area (Å²) in [7, 11) is 2.40. The van der Waals surface area contributed by atoms with Gasteiger partial charge in [0.1, 0.15) is 34.4 Å². The number of fused-ring (bicyclic) bond motifs is 1. The van der Waals surface area contributed by atoms with E-state index in [1.165, 1.54) is 73.7 Å². The smallest absolute Gasteiger partial charge is 0.263 e. The molecule has 0 aliphatic carbocycles. The van der Waals surface area contributed by atoms with Gasteiger partial charge >= 0.3 is 0 Å². The van der Waals surface area contributed by atoms with E-state index < -0.39 is 23.0 Å². The number of carbonyl (C=O) groups excluding carboxylic acids is 1. The van der Waals surface area contributed by atoms with Crippen LogP contribution in [0.5, 0.6) is 17.2 Å². The maximum Gasteiger partial charge on any atom is 0.263 e. The molecule has 10 heteroatoms. The first-order chi connectivity index (χ1) is 25.1. The van der Waals surface area contributed by atoms with Crippen molar-refractivity contribution in [2.45, 2.75) is 78.6 Å². The summed E-state index contributed by atoms with van der Waals surface area (Å²) in [4.78, 5) is 29.3. The number of unbranched alkanes of at least 4 members (excludes halogenated alkanes) is 4. The third kappa shape index (κ3) is 9.91. The van der Waals surface area contributed by atoms with Gasteiger partial charge in [-0.3, -0.25) is 9.59 Å². The molecule has 8 nitrogen and oxygen atoms in total. The second kappa shape index (κ2) is 18.4. The van der Waals surface area contributed by atoms with E-state index in [-0.39, 0.29) is 17.8 Å². The van der Waals surface area contributed by atoms with E-state index in [9.17, 15) is 18.4 Å². The molecule has 0 bridgehead atoms. The molecule has 280 valence electrons. The SMILES string of the molecule is CCCOc1cc(OCC)cc(-n2cc(C(=O)N(CC)c3cc(F)cc(F)c3)c(=O)c3ccc(OCCCCCCC[N+]4(C)CCCCC4)cc32)c1. The summed E-state index contributed by atoms with van der Waals surface area (Å²) in [6.07, 6.45) is 12.0. The summed E-state index contributed by atoms with van der Waals surface area (Å²) in [6.45, 7) is 11.0. The van der Waals surface area contributed by atoms with Crippen LogP contribution in [-0.4, -0.2) is 68.0 Å². The summed E-state index contributed by atoms with van der Waals surface area (Å²) in [5, 5.41) is 0.294. The number of quaternary nitrogens is 1. The normalized spacial score (nSPS) is 14.0. The third-order valence-corrected chi connectivity index (χ3v) is 9.86. The van der Waals surface area contributed by atoms with E-state index in [4.69, 9.17) is 14.2 Å². The molecule has 1 amide bonds. The number of benzene rings is 3. The number of pyridine rings is 1. The second-order valence-electron chi connectivity index (χ2n) is 14.0. The van der Waals surface area contributed by atoms with Crippen LogP contribution in [0.25, 0.3) is 16.6 Å². The number of anilines is 1. The van der Waals surface area contributed by atoms with Gasteiger partial charge in [-0.25, -0.2) is 8.78 Å². The molecule has 0 atom stereocenters. The highest BCUT2D eigenvalue weighted by Crippen LogP contribution is 2.30. The number of aromatic nitrogens is 1. The van der Waals surface area contributed by atoms with E-state index in [1.54, 1.807) is 29.7 Å². The van der Waals surface area contributed by atoms with Gasteiger partial charge < -0.3 is 28.2 Å². The van der Waals surface area contributed by atoms with Crippen molar-refractivity contribution in [3.05, 3.63) is 88.2 Å². The van der Waals surface area contributed by atoms with Crippen molar-refractivity contribution < 1.29 is 32.3 Å². The quantitative estimate of drug-likeness (QED) is 0.0759. The lowest BCUT2D eigenvalue weighted by Gasteiger charge is -2.37. The van der Waals surface area contributed by atoms with Gasteiger partial charge in [-0.1, -0.05) is 19.8 Å². The molecule has 0 saturated carbocycles. The lowest BCUT2D eigenvalue weighted by Crippen LogP contribution is -2.48. The van der Waals surface area contributed by atoms with Crippen molar-refractivity contribution in [2.24, 2.45) is 0 Å². The minimum Gasteiger partial charge on any atom is -0.494 e. The van der Waals surface area contributed by atoms with Crippen molar-refractivity contribution in [3.63, 3.8) is 0 Å². The summed E-state index contributed by atoms with van der Waals surface area (Å²) in [6, 6.07) is 13.6. The fourth-order valence-corrected chi connectivity index (χ4v) is 7.11. The molecule has 1 aliphatic heterocycles. The Bertz CT molecular complexity index is 1850. The second-order valence-corrected chi connectivity index (χ2v) is 14.0. The number of rotatable bonds is 18. The maximum atomic E-state index is 14.2. The predicted molar refractivity (Wildman–Crippen MR) is 203 cm³/mol. The first-order valence-electron chi connectivity index (χ1n) is 19.0. The first kappa shape index (κ1) is 38.8. The van der Waals surface area contributed by atoms with E-state index in [0.717, 1.165) is 37.5 Å². The molecule has 5 rings (SSSR count). The minimum absolute atomic E-state index is 0.0195. The number of hydrogen-bond acceptors (Lipinski definition) is 5. The van der Waals surface area contributed by atoms with Crippen LogP contribution in [0.1, 0.15) is 88.9 Å².